The van der Waals surface area contributed by atoms with Crippen LogP contribution in [0, 0.1) is 6.92 Å². The van der Waals surface area contributed by atoms with E-state index >= 15 is 0 Å². The van der Waals surface area contributed by atoms with Crippen molar-refractivity contribution in [3.8, 4) is 5.75 Å². The van der Waals surface area contributed by atoms with Crippen LogP contribution >= 0.6 is 11.3 Å². The SMILES string of the molecule is Cc1nc(COc2ccc(C(=O)N3CCN(C(=O)c4ccc(C(F)(F)F)cc4)CC3)cc2)cs1. The molecule has 10 heteroatoms. The van der Waals surface area contributed by atoms with Crippen LogP contribution in [0.5, 0.6) is 5.75 Å². The third-order valence-corrected chi connectivity index (χ3v) is 6.29. The summed E-state index contributed by atoms with van der Waals surface area (Å²) in [7, 11) is 0. The van der Waals surface area contributed by atoms with Crippen molar-refractivity contribution >= 4 is 23.2 Å². The fraction of sp³-hybridized carbons (Fsp3) is 0.292. The number of piperazine rings is 1. The standard InChI is InChI=1S/C24H22F3N3O3S/c1-16-28-20(15-34-16)14-33-21-8-4-18(5-9-21)23(32)30-12-10-29(11-13-30)22(31)17-2-6-19(7-3-17)24(25,26)27/h2-9,15H,10-14H2,1H3. The molecule has 0 bridgehead atoms. The molecule has 1 aliphatic rings. The smallest absolute Gasteiger partial charge is 0.416 e. The predicted molar refractivity (Wildman–Crippen MR) is 121 cm³/mol. The second kappa shape index (κ2) is 9.84. The Morgan fingerprint density at radius 1 is 0.912 bits per heavy atom. The molecule has 0 saturated carbocycles. The Labute approximate surface area is 198 Å². The Morgan fingerprint density at radius 2 is 1.41 bits per heavy atom. The summed E-state index contributed by atoms with van der Waals surface area (Å²) in [5.74, 6) is 0.134. The van der Waals surface area contributed by atoms with Crippen molar-refractivity contribution in [1.82, 2.24) is 14.8 Å². The van der Waals surface area contributed by atoms with Gasteiger partial charge in [-0.1, -0.05) is 0 Å². The lowest BCUT2D eigenvalue weighted by atomic mass is 10.1. The maximum Gasteiger partial charge on any atom is 0.416 e. The van der Waals surface area contributed by atoms with Crippen molar-refractivity contribution in [2.24, 2.45) is 0 Å². The molecule has 1 aromatic heterocycles. The van der Waals surface area contributed by atoms with Gasteiger partial charge in [0, 0.05) is 42.7 Å². The molecule has 34 heavy (non-hydrogen) atoms. The van der Waals surface area contributed by atoms with Crippen molar-refractivity contribution in [3.05, 3.63) is 81.3 Å². The van der Waals surface area contributed by atoms with E-state index in [1.165, 1.54) is 12.1 Å². The summed E-state index contributed by atoms with van der Waals surface area (Å²) in [6.45, 7) is 3.57. The molecule has 0 aliphatic carbocycles. The number of halogens is 3. The molecule has 6 nitrogen and oxygen atoms in total. The summed E-state index contributed by atoms with van der Waals surface area (Å²) < 4.78 is 43.9. The van der Waals surface area contributed by atoms with E-state index in [9.17, 15) is 22.8 Å². The number of hydrogen-bond donors (Lipinski definition) is 0. The van der Waals surface area contributed by atoms with Crippen LogP contribution in [0.1, 0.15) is 37.0 Å². The molecule has 2 heterocycles. The first-order chi connectivity index (χ1) is 16.2. The number of nitrogens with zero attached hydrogens (tertiary/aromatic N) is 3. The first kappa shape index (κ1) is 23.7. The summed E-state index contributed by atoms with van der Waals surface area (Å²) in [4.78, 5) is 33.0. The largest absolute Gasteiger partial charge is 0.487 e. The Bertz CT molecular complexity index is 1150. The molecular weight excluding hydrogens is 467 g/mol. The molecule has 3 aromatic rings. The van der Waals surface area contributed by atoms with Gasteiger partial charge < -0.3 is 14.5 Å². The van der Waals surface area contributed by atoms with Crippen LogP contribution in [0.2, 0.25) is 0 Å². The van der Waals surface area contributed by atoms with Gasteiger partial charge in [-0.15, -0.1) is 11.3 Å². The highest BCUT2D eigenvalue weighted by Gasteiger charge is 2.31. The number of rotatable bonds is 5. The summed E-state index contributed by atoms with van der Waals surface area (Å²) in [5.41, 5.74) is 0.760. The summed E-state index contributed by atoms with van der Waals surface area (Å²) >= 11 is 1.56. The number of aromatic nitrogens is 1. The minimum atomic E-state index is -4.45. The molecule has 1 fully saturated rings. The molecule has 4 rings (SSSR count). The normalized spacial score (nSPS) is 14.2. The van der Waals surface area contributed by atoms with Crippen LogP contribution in [0.4, 0.5) is 13.2 Å². The fourth-order valence-electron chi connectivity index (χ4n) is 3.61. The number of ether oxygens (including phenoxy) is 1. The average Bonchev–Trinajstić information content (AvgIpc) is 3.27. The van der Waals surface area contributed by atoms with Gasteiger partial charge in [0.1, 0.15) is 12.4 Å². The van der Waals surface area contributed by atoms with Gasteiger partial charge in [0.25, 0.3) is 11.8 Å². The number of amides is 2. The lowest BCUT2D eigenvalue weighted by Crippen LogP contribution is -2.50. The van der Waals surface area contributed by atoms with Crippen LogP contribution in [0.3, 0.4) is 0 Å². The first-order valence-electron chi connectivity index (χ1n) is 10.6. The van der Waals surface area contributed by atoms with Crippen molar-refractivity contribution in [2.75, 3.05) is 26.2 Å². The average molecular weight is 490 g/mol. The molecule has 0 spiro atoms. The van der Waals surface area contributed by atoms with Gasteiger partial charge in [-0.3, -0.25) is 9.59 Å². The first-order valence-corrected chi connectivity index (χ1v) is 11.5. The Balaban J connectivity index is 1.29. The Kier molecular flexibility index (Phi) is 6.87. The maximum atomic E-state index is 12.8. The quantitative estimate of drug-likeness (QED) is 0.524. The van der Waals surface area contributed by atoms with E-state index in [1.54, 1.807) is 45.4 Å². The third kappa shape index (κ3) is 5.56. The van der Waals surface area contributed by atoms with Crippen LogP contribution in [-0.4, -0.2) is 52.8 Å². The van der Waals surface area contributed by atoms with Crippen molar-refractivity contribution in [2.45, 2.75) is 19.7 Å². The topological polar surface area (TPSA) is 62.7 Å². The van der Waals surface area contributed by atoms with Crippen LogP contribution in [0.15, 0.2) is 53.9 Å². The molecule has 0 atom stereocenters. The van der Waals surface area contributed by atoms with Gasteiger partial charge in [-0.05, 0) is 55.5 Å². The zero-order valence-electron chi connectivity index (χ0n) is 18.3. The molecule has 178 valence electrons. The van der Waals surface area contributed by atoms with E-state index < -0.39 is 11.7 Å². The van der Waals surface area contributed by atoms with E-state index in [-0.39, 0.29) is 17.4 Å². The van der Waals surface area contributed by atoms with Crippen molar-refractivity contribution in [3.63, 3.8) is 0 Å². The lowest BCUT2D eigenvalue weighted by molar-refractivity contribution is -0.137. The predicted octanol–water partition coefficient (Wildman–Crippen LogP) is 4.65. The van der Waals surface area contributed by atoms with Gasteiger partial charge in [0.15, 0.2) is 0 Å². The Hall–Kier alpha value is -3.40. The van der Waals surface area contributed by atoms with Crippen LogP contribution < -0.4 is 4.74 Å². The van der Waals surface area contributed by atoms with Crippen molar-refractivity contribution < 1.29 is 27.5 Å². The lowest BCUT2D eigenvalue weighted by Gasteiger charge is -2.35. The second-order valence-electron chi connectivity index (χ2n) is 7.83. The fourth-order valence-corrected chi connectivity index (χ4v) is 4.20. The minimum absolute atomic E-state index is 0.150. The molecule has 0 unspecified atom stereocenters. The van der Waals surface area contributed by atoms with Gasteiger partial charge in [0.2, 0.25) is 0 Å². The monoisotopic (exact) mass is 489 g/mol. The highest BCUT2D eigenvalue weighted by molar-refractivity contribution is 7.09. The van der Waals surface area contributed by atoms with E-state index in [0.29, 0.717) is 44.1 Å². The molecular formula is C24H22F3N3O3S. The highest BCUT2D eigenvalue weighted by Crippen LogP contribution is 2.29. The summed E-state index contributed by atoms with van der Waals surface area (Å²) in [6, 6.07) is 11.0. The molecule has 1 saturated heterocycles. The summed E-state index contributed by atoms with van der Waals surface area (Å²) in [6.07, 6.45) is -4.45. The van der Waals surface area contributed by atoms with Gasteiger partial charge in [-0.2, -0.15) is 13.2 Å². The maximum absolute atomic E-state index is 12.8. The highest BCUT2D eigenvalue weighted by atomic mass is 32.1. The van der Waals surface area contributed by atoms with Gasteiger partial charge >= 0.3 is 6.18 Å². The number of carbonyl (C=O) groups excluding carboxylic acids is 2. The van der Waals surface area contributed by atoms with Gasteiger partial charge in [-0.25, -0.2) is 4.98 Å². The van der Waals surface area contributed by atoms with E-state index in [1.807, 2.05) is 12.3 Å². The molecule has 0 N–H and O–H groups in total. The van der Waals surface area contributed by atoms with Gasteiger partial charge in [0.05, 0.1) is 16.3 Å². The van der Waals surface area contributed by atoms with Crippen LogP contribution in [0.25, 0.3) is 0 Å². The molecule has 2 amide bonds. The van der Waals surface area contributed by atoms with E-state index in [0.717, 1.165) is 22.8 Å². The van der Waals surface area contributed by atoms with E-state index in [4.69, 9.17) is 4.74 Å². The number of aryl methyl sites for hydroxylation is 1. The molecule has 1 aliphatic heterocycles. The number of benzene rings is 2. The number of thiazole rings is 1. The number of carbonyl (C=O) groups is 2. The zero-order chi connectivity index (χ0) is 24.3. The Morgan fingerprint density at radius 3 is 1.85 bits per heavy atom. The van der Waals surface area contributed by atoms with Crippen LogP contribution in [-0.2, 0) is 12.8 Å². The number of alkyl halides is 3. The second-order valence-corrected chi connectivity index (χ2v) is 8.89. The summed E-state index contributed by atoms with van der Waals surface area (Å²) in [5, 5.41) is 2.91. The van der Waals surface area contributed by atoms with E-state index in [2.05, 4.69) is 4.98 Å². The van der Waals surface area contributed by atoms with Crippen molar-refractivity contribution in [1.29, 1.82) is 0 Å². The zero-order valence-corrected chi connectivity index (χ0v) is 19.2. The number of hydrogen-bond acceptors (Lipinski definition) is 5. The minimum Gasteiger partial charge on any atom is -0.487 e. The molecule has 2 aromatic carbocycles. The third-order valence-electron chi connectivity index (χ3n) is 5.47. The molecule has 0 radical (unpaired) electrons.